The van der Waals surface area contributed by atoms with Gasteiger partial charge in [0.2, 0.25) is 0 Å². The van der Waals surface area contributed by atoms with Gasteiger partial charge in [-0.15, -0.1) is 0 Å². The molecule has 1 aromatic carbocycles. The molecule has 0 heterocycles. The van der Waals surface area contributed by atoms with Gasteiger partial charge in [0.25, 0.3) is 0 Å². The molecule has 2 N–H and O–H groups in total. The topological polar surface area (TPSA) is 40.5 Å². The van der Waals surface area contributed by atoms with Crippen LogP contribution >= 0.6 is 15.9 Å². The fourth-order valence-corrected chi connectivity index (χ4v) is 1.38. The van der Waals surface area contributed by atoms with Crippen LogP contribution in [0.3, 0.4) is 0 Å². The van der Waals surface area contributed by atoms with E-state index >= 15 is 0 Å². The Morgan fingerprint density at radius 1 is 1.50 bits per heavy atom. The maximum atomic E-state index is 12.6. The summed E-state index contributed by atoms with van der Waals surface area (Å²) in [6.07, 6.45) is -1.03. The van der Waals surface area contributed by atoms with Crippen molar-refractivity contribution in [3.63, 3.8) is 0 Å². The molecule has 2 nitrogen and oxygen atoms in total. The molecule has 66 valence electrons. The van der Waals surface area contributed by atoms with Crippen LogP contribution in [0.15, 0.2) is 22.7 Å². The highest BCUT2D eigenvalue weighted by molar-refractivity contribution is 9.10. The third kappa shape index (κ3) is 2.03. The minimum absolute atomic E-state index is 0.359. The molecule has 0 bridgehead atoms. The van der Waals surface area contributed by atoms with E-state index < -0.39 is 18.5 Å². The molecule has 0 amide bonds. The summed E-state index contributed by atoms with van der Waals surface area (Å²) in [6.45, 7) is -0.415. The summed E-state index contributed by atoms with van der Waals surface area (Å²) in [7, 11) is 0. The molecule has 0 unspecified atom stereocenters. The third-order valence-electron chi connectivity index (χ3n) is 1.49. The molecule has 0 aliphatic rings. The van der Waals surface area contributed by atoms with E-state index in [1.54, 1.807) is 0 Å². The van der Waals surface area contributed by atoms with E-state index in [1.807, 2.05) is 0 Å². The second-order valence-corrected chi connectivity index (χ2v) is 3.22. The first kappa shape index (κ1) is 9.64. The Morgan fingerprint density at radius 3 is 2.75 bits per heavy atom. The normalized spacial score (nSPS) is 13.0. The van der Waals surface area contributed by atoms with Crippen molar-refractivity contribution in [2.75, 3.05) is 6.61 Å². The van der Waals surface area contributed by atoms with Crippen LogP contribution in [-0.2, 0) is 0 Å². The molecule has 1 atom stereocenters. The lowest BCUT2D eigenvalue weighted by atomic mass is 10.1. The van der Waals surface area contributed by atoms with Crippen molar-refractivity contribution in [2.24, 2.45) is 0 Å². The van der Waals surface area contributed by atoms with E-state index in [4.69, 9.17) is 5.11 Å². The second kappa shape index (κ2) is 3.98. The molecule has 12 heavy (non-hydrogen) atoms. The van der Waals surface area contributed by atoms with Gasteiger partial charge in [0.15, 0.2) is 0 Å². The number of aliphatic hydroxyl groups excluding tert-OH is 2. The Hall–Kier alpha value is -0.450. The number of hydrogen-bond donors (Lipinski definition) is 2. The maximum absolute atomic E-state index is 12.6. The zero-order valence-electron chi connectivity index (χ0n) is 6.17. The van der Waals surface area contributed by atoms with Crippen LogP contribution in [0.5, 0.6) is 0 Å². The highest BCUT2D eigenvalue weighted by atomic mass is 79.9. The Morgan fingerprint density at radius 2 is 2.17 bits per heavy atom. The van der Waals surface area contributed by atoms with E-state index in [0.29, 0.717) is 10.0 Å². The SMILES string of the molecule is OC[C@H](O)c1cc(F)ccc1Br. The molecule has 1 rings (SSSR count). The Balaban J connectivity index is 3.04. The molecule has 1 aromatic rings. The minimum Gasteiger partial charge on any atom is -0.393 e. The van der Waals surface area contributed by atoms with E-state index in [1.165, 1.54) is 18.2 Å². The Bertz CT molecular complexity index is 278. The predicted octanol–water partition coefficient (Wildman–Crippen LogP) is 1.61. The molecule has 0 spiro atoms. The zero-order chi connectivity index (χ0) is 9.14. The molecular formula is C8H8BrFO2. The van der Waals surface area contributed by atoms with Gasteiger partial charge in [-0.3, -0.25) is 0 Å². The minimum atomic E-state index is -1.03. The summed E-state index contributed by atoms with van der Waals surface area (Å²) < 4.78 is 13.2. The lowest BCUT2D eigenvalue weighted by Crippen LogP contribution is -2.03. The van der Waals surface area contributed by atoms with Crippen molar-refractivity contribution in [3.05, 3.63) is 34.1 Å². The first-order valence-corrected chi connectivity index (χ1v) is 4.18. The monoisotopic (exact) mass is 234 g/mol. The van der Waals surface area contributed by atoms with Gasteiger partial charge in [-0.2, -0.15) is 0 Å². The van der Waals surface area contributed by atoms with E-state index in [9.17, 15) is 9.50 Å². The molecular weight excluding hydrogens is 227 g/mol. The third-order valence-corrected chi connectivity index (χ3v) is 2.21. The van der Waals surface area contributed by atoms with E-state index in [0.717, 1.165) is 0 Å². The summed E-state index contributed by atoms with van der Waals surface area (Å²) in [5.74, 6) is -0.430. The molecule has 4 heteroatoms. The largest absolute Gasteiger partial charge is 0.393 e. The van der Waals surface area contributed by atoms with Crippen molar-refractivity contribution in [3.8, 4) is 0 Å². The predicted molar refractivity (Wildman–Crippen MR) is 46.1 cm³/mol. The summed E-state index contributed by atoms with van der Waals surface area (Å²) in [6, 6.07) is 3.95. The lowest BCUT2D eigenvalue weighted by Gasteiger charge is -2.09. The average molecular weight is 235 g/mol. The number of benzene rings is 1. The van der Waals surface area contributed by atoms with Crippen LogP contribution in [0.1, 0.15) is 11.7 Å². The fourth-order valence-electron chi connectivity index (χ4n) is 0.868. The first-order chi connectivity index (χ1) is 5.65. The number of rotatable bonds is 2. The molecule has 0 radical (unpaired) electrons. The van der Waals surface area contributed by atoms with E-state index in [-0.39, 0.29) is 0 Å². The van der Waals surface area contributed by atoms with Gasteiger partial charge in [-0.25, -0.2) is 4.39 Å². The fraction of sp³-hybridized carbons (Fsp3) is 0.250. The van der Waals surface area contributed by atoms with Crippen molar-refractivity contribution < 1.29 is 14.6 Å². The Kier molecular flexibility index (Phi) is 3.20. The quantitative estimate of drug-likeness (QED) is 0.817. The van der Waals surface area contributed by atoms with Crippen molar-refractivity contribution in [2.45, 2.75) is 6.10 Å². The smallest absolute Gasteiger partial charge is 0.123 e. The molecule has 0 aliphatic carbocycles. The first-order valence-electron chi connectivity index (χ1n) is 3.39. The number of hydrogen-bond acceptors (Lipinski definition) is 2. The van der Waals surface area contributed by atoms with Gasteiger partial charge in [0, 0.05) is 4.47 Å². The number of aliphatic hydroxyl groups is 2. The average Bonchev–Trinajstić information content (AvgIpc) is 2.08. The van der Waals surface area contributed by atoms with Crippen LogP contribution in [-0.4, -0.2) is 16.8 Å². The van der Waals surface area contributed by atoms with Gasteiger partial charge in [-0.05, 0) is 23.8 Å². The summed E-state index contributed by atoms with van der Waals surface area (Å²) in [5, 5.41) is 17.8. The van der Waals surface area contributed by atoms with Gasteiger partial charge in [-0.1, -0.05) is 15.9 Å². The van der Waals surface area contributed by atoms with Gasteiger partial charge in [0.05, 0.1) is 6.61 Å². The highest BCUT2D eigenvalue weighted by Gasteiger charge is 2.10. The maximum Gasteiger partial charge on any atom is 0.123 e. The van der Waals surface area contributed by atoms with Crippen LogP contribution in [0, 0.1) is 5.82 Å². The van der Waals surface area contributed by atoms with Crippen molar-refractivity contribution >= 4 is 15.9 Å². The van der Waals surface area contributed by atoms with Crippen LogP contribution in [0.4, 0.5) is 4.39 Å². The zero-order valence-corrected chi connectivity index (χ0v) is 7.75. The Labute approximate surface area is 77.8 Å². The standard InChI is InChI=1S/C8H8BrFO2/c9-7-2-1-5(10)3-6(7)8(12)4-11/h1-3,8,11-12H,4H2/t8-/m0/s1. The van der Waals surface area contributed by atoms with Crippen molar-refractivity contribution in [1.29, 1.82) is 0 Å². The molecule has 0 aromatic heterocycles. The molecule has 0 saturated heterocycles. The van der Waals surface area contributed by atoms with Crippen molar-refractivity contribution in [1.82, 2.24) is 0 Å². The van der Waals surface area contributed by atoms with Crippen LogP contribution in [0.2, 0.25) is 0 Å². The van der Waals surface area contributed by atoms with Crippen LogP contribution < -0.4 is 0 Å². The molecule has 0 fully saturated rings. The van der Waals surface area contributed by atoms with E-state index in [2.05, 4.69) is 15.9 Å². The second-order valence-electron chi connectivity index (χ2n) is 2.36. The number of halogens is 2. The molecule has 0 saturated carbocycles. The highest BCUT2D eigenvalue weighted by Crippen LogP contribution is 2.23. The summed E-state index contributed by atoms with van der Waals surface area (Å²) in [4.78, 5) is 0. The van der Waals surface area contributed by atoms with Gasteiger partial charge >= 0.3 is 0 Å². The van der Waals surface area contributed by atoms with Gasteiger partial charge < -0.3 is 10.2 Å². The molecule has 0 aliphatic heterocycles. The van der Waals surface area contributed by atoms with Crippen LogP contribution in [0.25, 0.3) is 0 Å². The summed E-state index contributed by atoms with van der Waals surface area (Å²) >= 11 is 3.13. The van der Waals surface area contributed by atoms with Gasteiger partial charge in [0.1, 0.15) is 11.9 Å². The summed E-state index contributed by atoms with van der Waals surface area (Å²) in [5.41, 5.74) is 0.359. The lowest BCUT2D eigenvalue weighted by molar-refractivity contribution is 0.0948.